The Kier molecular flexibility index (Phi) is 5.22. The van der Waals surface area contributed by atoms with Crippen LogP contribution in [-0.4, -0.2) is 18.5 Å². The number of halogens is 1. The van der Waals surface area contributed by atoms with E-state index in [2.05, 4.69) is 33.1 Å². The molecule has 3 nitrogen and oxygen atoms in total. The van der Waals surface area contributed by atoms with Gasteiger partial charge in [-0.3, -0.25) is 4.79 Å². The lowest BCUT2D eigenvalue weighted by molar-refractivity contribution is -0.121. The maximum atomic E-state index is 11.7. The number of hydrogen-bond acceptors (Lipinski definition) is 2. The first-order valence-corrected chi connectivity index (χ1v) is 6.25. The van der Waals surface area contributed by atoms with E-state index < -0.39 is 0 Å². The second-order valence-corrected chi connectivity index (χ2v) is 4.74. The van der Waals surface area contributed by atoms with Crippen molar-refractivity contribution in [2.45, 2.75) is 19.9 Å². The molecule has 2 N–H and O–H groups in total. The number of carbonyl (C=O) groups is 1. The van der Waals surface area contributed by atoms with E-state index in [1.165, 1.54) is 0 Å². The Hall–Kier alpha value is -1.29. The predicted molar refractivity (Wildman–Crippen MR) is 75.2 cm³/mol. The summed E-state index contributed by atoms with van der Waals surface area (Å²) in [6, 6.07) is 5.69. The van der Waals surface area contributed by atoms with Gasteiger partial charge in [-0.1, -0.05) is 12.1 Å². The van der Waals surface area contributed by atoms with Gasteiger partial charge in [-0.05, 0) is 47.5 Å². The van der Waals surface area contributed by atoms with Crippen LogP contribution in [0.1, 0.15) is 12.5 Å². The van der Waals surface area contributed by atoms with Crippen molar-refractivity contribution in [3.8, 4) is 0 Å². The molecule has 0 aliphatic heterocycles. The molecular weight excluding hydrogens is 280 g/mol. The minimum absolute atomic E-state index is 0.0432. The van der Waals surface area contributed by atoms with Crippen LogP contribution < -0.4 is 10.6 Å². The third-order valence-electron chi connectivity index (χ3n) is 2.31. The fraction of sp³-hybridized carbons (Fsp3) is 0.308. The third-order valence-corrected chi connectivity index (χ3v) is 3.00. The van der Waals surface area contributed by atoms with Gasteiger partial charge in [0.15, 0.2) is 0 Å². The molecule has 1 atom stereocenters. The van der Waals surface area contributed by atoms with Crippen LogP contribution in [0.4, 0.5) is 5.69 Å². The number of amides is 1. The van der Waals surface area contributed by atoms with Crippen molar-refractivity contribution in [3.05, 3.63) is 40.9 Å². The Balaban J connectivity index is 2.66. The van der Waals surface area contributed by atoms with Crippen LogP contribution in [0.25, 0.3) is 0 Å². The summed E-state index contributed by atoms with van der Waals surface area (Å²) in [6.45, 7) is 7.89. The Morgan fingerprint density at radius 3 is 2.94 bits per heavy atom. The van der Waals surface area contributed by atoms with E-state index in [1.54, 1.807) is 6.08 Å². The number of nitrogens with one attached hydrogen (secondary N) is 2. The molecule has 0 saturated heterocycles. The average Bonchev–Trinajstić information content (AvgIpc) is 2.30. The van der Waals surface area contributed by atoms with Crippen molar-refractivity contribution in [2.24, 2.45) is 0 Å². The Morgan fingerprint density at radius 2 is 2.29 bits per heavy atom. The molecule has 4 heteroatoms. The minimum Gasteiger partial charge on any atom is -0.373 e. The predicted octanol–water partition coefficient (Wildman–Crippen LogP) is 2.86. The molecule has 0 spiro atoms. The quantitative estimate of drug-likeness (QED) is 0.821. The molecule has 0 fully saturated rings. The summed E-state index contributed by atoms with van der Waals surface area (Å²) in [7, 11) is 0. The molecule has 1 aromatic rings. The van der Waals surface area contributed by atoms with E-state index in [9.17, 15) is 4.79 Å². The molecule has 1 aromatic carbocycles. The summed E-state index contributed by atoms with van der Waals surface area (Å²) in [6.07, 6.45) is 1.66. The normalized spacial score (nSPS) is 11.7. The first-order valence-electron chi connectivity index (χ1n) is 5.46. The maximum Gasteiger partial charge on any atom is 0.242 e. The first-order chi connectivity index (χ1) is 8.04. The number of anilines is 1. The molecule has 0 aliphatic rings. The Bertz CT molecular complexity index is 418. The molecular formula is C13H17BrN2O. The number of aryl methyl sites for hydroxylation is 1. The van der Waals surface area contributed by atoms with Gasteiger partial charge >= 0.3 is 0 Å². The number of benzene rings is 1. The van der Waals surface area contributed by atoms with Crippen LogP contribution in [0.15, 0.2) is 35.3 Å². The zero-order chi connectivity index (χ0) is 12.8. The van der Waals surface area contributed by atoms with Gasteiger partial charge in [0.25, 0.3) is 0 Å². The lowest BCUT2D eigenvalue weighted by atomic mass is 10.2. The van der Waals surface area contributed by atoms with E-state index >= 15 is 0 Å². The third kappa shape index (κ3) is 4.23. The monoisotopic (exact) mass is 296 g/mol. The lowest BCUT2D eigenvalue weighted by Gasteiger charge is -2.16. The fourth-order valence-electron chi connectivity index (χ4n) is 1.37. The van der Waals surface area contributed by atoms with Crippen LogP contribution in [0.5, 0.6) is 0 Å². The van der Waals surface area contributed by atoms with Crippen molar-refractivity contribution in [2.75, 3.05) is 11.9 Å². The second kappa shape index (κ2) is 6.45. The molecule has 17 heavy (non-hydrogen) atoms. The highest BCUT2D eigenvalue weighted by Gasteiger charge is 2.12. The fourth-order valence-corrected chi connectivity index (χ4v) is 1.74. The molecule has 0 bridgehead atoms. The number of rotatable bonds is 5. The summed E-state index contributed by atoms with van der Waals surface area (Å²) in [5.41, 5.74) is 2.07. The van der Waals surface area contributed by atoms with Crippen molar-refractivity contribution in [1.29, 1.82) is 0 Å². The summed E-state index contributed by atoms with van der Waals surface area (Å²) in [5.74, 6) is -0.0432. The maximum absolute atomic E-state index is 11.7. The number of carbonyl (C=O) groups excluding carboxylic acids is 1. The van der Waals surface area contributed by atoms with Gasteiger partial charge in [0.2, 0.25) is 5.91 Å². The van der Waals surface area contributed by atoms with Crippen LogP contribution >= 0.6 is 15.9 Å². The molecule has 1 amide bonds. The van der Waals surface area contributed by atoms with Crippen LogP contribution in [0.3, 0.4) is 0 Å². The molecule has 0 aliphatic carbocycles. The summed E-state index contributed by atoms with van der Waals surface area (Å²) < 4.78 is 0.950. The van der Waals surface area contributed by atoms with Gasteiger partial charge in [-0.15, -0.1) is 6.58 Å². The highest BCUT2D eigenvalue weighted by molar-refractivity contribution is 9.10. The summed E-state index contributed by atoms with van der Waals surface area (Å²) in [5, 5.41) is 5.92. The van der Waals surface area contributed by atoms with E-state index in [-0.39, 0.29) is 11.9 Å². The Morgan fingerprint density at radius 1 is 1.59 bits per heavy atom. The van der Waals surface area contributed by atoms with Gasteiger partial charge in [0.05, 0.1) is 0 Å². The zero-order valence-electron chi connectivity index (χ0n) is 10.1. The van der Waals surface area contributed by atoms with Crippen molar-refractivity contribution < 1.29 is 4.79 Å². The van der Waals surface area contributed by atoms with Crippen molar-refractivity contribution >= 4 is 27.5 Å². The molecule has 0 radical (unpaired) electrons. The smallest absolute Gasteiger partial charge is 0.242 e. The lowest BCUT2D eigenvalue weighted by Crippen LogP contribution is -2.37. The molecule has 0 saturated carbocycles. The Labute approximate surface area is 110 Å². The van der Waals surface area contributed by atoms with Crippen molar-refractivity contribution in [1.82, 2.24) is 5.32 Å². The van der Waals surface area contributed by atoms with Crippen LogP contribution in [0, 0.1) is 6.92 Å². The topological polar surface area (TPSA) is 41.1 Å². The highest BCUT2D eigenvalue weighted by Crippen LogP contribution is 2.23. The molecule has 1 unspecified atom stereocenters. The standard InChI is InChI=1S/C13H17BrN2O/c1-4-7-15-13(17)10(3)16-12-8-9(2)5-6-11(12)14/h4-6,8,10,16H,1,7H2,2-3H3,(H,15,17). The zero-order valence-corrected chi connectivity index (χ0v) is 11.7. The van der Waals surface area contributed by atoms with Gasteiger partial charge in [0.1, 0.15) is 6.04 Å². The second-order valence-electron chi connectivity index (χ2n) is 3.88. The summed E-state index contributed by atoms with van der Waals surface area (Å²) in [4.78, 5) is 11.7. The van der Waals surface area contributed by atoms with Crippen LogP contribution in [-0.2, 0) is 4.79 Å². The van der Waals surface area contributed by atoms with E-state index in [1.807, 2.05) is 32.0 Å². The first kappa shape index (κ1) is 13.8. The van der Waals surface area contributed by atoms with Crippen LogP contribution in [0.2, 0.25) is 0 Å². The molecule has 1 rings (SSSR count). The number of hydrogen-bond donors (Lipinski definition) is 2. The SMILES string of the molecule is C=CCNC(=O)C(C)Nc1cc(C)ccc1Br. The summed E-state index contributed by atoms with van der Waals surface area (Å²) >= 11 is 3.45. The molecule has 0 aromatic heterocycles. The molecule has 0 heterocycles. The van der Waals surface area contributed by atoms with Gasteiger partial charge in [0, 0.05) is 16.7 Å². The van der Waals surface area contributed by atoms with Crippen molar-refractivity contribution in [3.63, 3.8) is 0 Å². The minimum atomic E-state index is -0.284. The van der Waals surface area contributed by atoms with Gasteiger partial charge < -0.3 is 10.6 Å². The van der Waals surface area contributed by atoms with Gasteiger partial charge in [-0.25, -0.2) is 0 Å². The van der Waals surface area contributed by atoms with Gasteiger partial charge in [-0.2, -0.15) is 0 Å². The average molecular weight is 297 g/mol. The van der Waals surface area contributed by atoms with E-state index in [0.717, 1.165) is 15.7 Å². The van der Waals surface area contributed by atoms with E-state index in [4.69, 9.17) is 0 Å². The van der Waals surface area contributed by atoms with E-state index in [0.29, 0.717) is 6.54 Å². The highest BCUT2D eigenvalue weighted by atomic mass is 79.9. The largest absolute Gasteiger partial charge is 0.373 e. The molecule has 92 valence electrons.